The Morgan fingerprint density at radius 3 is 2.63 bits per heavy atom. The number of hydrogen-bond donors (Lipinski definition) is 2. The molecule has 0 aliphatic heterocycles. The van der Waals surface area contributed by atoms with E-state index in [-0.39, 0.29) is 18.5 Å². The molecule has 2 unspecified atom stereocenters. The fourth-order valence-electron chi connectivity index (χ4n) is 2.72. The van der Waals surface area contributed by atoms with Gasteiger partial charge in [0.2, 0.25) is 11.8 Å². The molecule has 19 heavy (non-hydrogen) atoms. The minimum Gasteiger partial charge on any atom is -0.368 e. The van der Waals surface area contributed by atoms with Crippen molar-refractivity contribution in [3.63, 3.8) is 0 Å². The van der Waals surface area contributed by atoms with Crippen LogP contribution in [0, 0.1) is 5.92 Å². The van der Waals surface area contributed by atoms with Crippen molar-refractivity contribution in [3.05, 3.63) is 0 Å². The van der Waals surface area contributed by atoms with E-state index >= 15 is 0 Å². The number of nitrogens with two attached hydrogens (primary N) is 2. The van der Waals surface area contributed by atoms with Gasteiger partial charge >= 0.3 is 0 Å². The topological polar surface area (TPSA) is 89.4 Å². The molecule has 0 saturated heterocycles. The van der Waals surface area contributed by atoms with Crippen molar-refractivity contribution in [3.8, 4) is 0 Å². The number of primary amides is 1. The SMILES string of the molecule is CCCCN(CC(N)=O)C(=O)CC1CCCC(N)C1. The zero-order valence-electron chi connectivity index (χ0n) is 11.9. The molecule has 0 aromatic carbocycles. The van der Waals surface area contributed by atoms with Gasteiger partial charge in [0.15, 0.2) is 0 Å². The maximum Gasteiger partial charge on any atom is 0.237 e. The standard InChI is InChI=1S/C14H27N3O2/c1-2-3-7-17(10-13(16)18)14(19)9-11-5-4-6-12(15)8-11/h11-12H,2-10,15H2,1H3,(H2,16,18). The van der Waals surface area contributed by atoms with E-state index in [0.717, 1.165) is 38.5 Å². The van der Waals surface area contributed by atoms with Crippen LogP contribution in [0.25, 0.3) is 0 Å². The lowest BCUT2D eigenvalue weighted by Gasteiger charge is -2.28. The first-order valence-corrected chi connectivity index (χ1v) is 7.34. The number of carbonyl (C=O) groups excluding carboxylic acids is 2. The molecular formula is C14H27N3O2. The summed E-state index contributed by atoms with van der Waals surface area (Å²) in [5.74, 6) is -0.0237. The zero-order chi connectivity index (χ0) is 14.3. The van der Waals surface area contributed by atoms with Crippen LogP contribution in [0.5, 0.6) is 0 Å². The van der Waals surface area contributed by atoms with E-state index in [1.807, 2.05) is 0 Å². The van der Waals surface area contributed by atoms with Crippen LogP contribution in [0.2, 0.25) is 0 Å². The summed E-state index contributed by atoms with van der Waals surface area (Å²) >= 11 is 0. The van der Waals surface area contributed by atoms with E-state index in [0.29, 0.717) is 18.9 Å². The van der Waals surface area contributed by atoms with Crippen molar-refractivity contribution < 1.29 is 9.59 Å². The first kappa shape index (κ1) is 16.0. The van der Waals surface area contributed by atoms with Gasteiger partial charge in [0.1, 0.15) is 0 Å². The van der Waals surface area contributed by atoms with Gasteiger partial charge in [0.05, 0.1) is 6.54 Å². The molecule has 5 nitrogen and oxygen atoms in total. The second-order valence-electron chi connectivity index (χ2n) is 5.63. The molecule has 0 aromatic rings. The summed E-state index contributed by atoms with van der Waals surface area (Å²) in [6, 6.07) is 0.229. The smallest absolute Gasteiger partial charge is 0.237 e. The van der Waals surface area contributed by atoms with Crippen molar-refractivity contribution in [1.29, 1.82) is 0 Å². The van der Waals surface area contributed by atoms with Crippen LogP contribution >= 0.6 is 0 Å². The highest BCUT2D eigenvalue weighted by Gasteiger charge is 2.24. The summed E-state index contributed by atoms with van der Waals surface area (Å²) < 4.78 is 0. The molecule has 2 amide bonds. The van der Waals surface area contributed by atoms with Gasteiger partial charge in [-0.15, -0.1) is 0 Å². The summed E-state index contributed by atoms with van der Waals surface area (Å²) in [5.41, 5.74) is 11.1. The molecule has 1 aliphatic rings. The Labute approximate surface area is 115 Å². The molecule has 0 bridgehead atoms. The third-order valence-electron chi connectivity index (χ3n) is 3.77. The van der Waals surface area contributed by atoms with Crippen LogP contribution in [0.15, 0.2) is 0 Å². The lowest BCUT2D eigenvalue weighted by Crippen LogP contribution is -2.40. The highest BCUT2D eigenvalue weighted by molar-refractivity contribution is 5.83. The lowest BCUT2D eigenvalue weighted by molar-refractivity contribution is -0.136. The summed E-state index contributed by atoms with van der Waals surface area (Å²) in [4.78, 5) is 24.9. The molecular weight excluding hydrogens is 242 g/mol. The molecule has 2 atom stereocenters. The first-order valence-electron chi connectivity index (χ1n) is 7.34. The van der Waals surface area contributed by atoms with Crippen molar-refractivity contribution in [1.82, 2.24) is 4.90 Å². The van der Waals surface area contributed by atoms with Crippen molar-refractivity contribution in [2.24, 2.45) is 17.4 Å². The molecule has 1 rings (SSSR count). The molecule has 1 fully saturated rings. The van der Waals surface area contributed by atoms with Gasteiger partial charge in [-0.25, -0.2) is 0 Å². The fourth-order valence-corrected chi connectivity index (χ4v) is 2.72. The monoisotopic (exact) mass is 269 g/mol. The third-order valence-corrected chi connectivity index (χ3v) is 3.77. The lowest BCUT2D eigenvalue weighted by atomic mass is 9.84. The average Bonchev–Trinajstić information content (AvgIpc) is 2.34. The molecule has 1 aliphatic carbocycles. The maximum absolute atomic E-state index is 12.2. The summed E-state index contributed by atoms with van der Waals surface area (Å²) in [6.45, 7) is 2.72. The van der Waals surface area contributed by atoms with Gasteiger partial charge in [0.25, 0.3) is 0 Å². The molecule has 5 heteroatoms. The van der Waals surface area contributed by atoms with E-state index in [9.17, 15) is 9.59 Å². The summed E-state index contributed by atoms with van der Waals surface area (Å²) in [5, 5.41) is 0. The van der Waals surface area contributed by atoms with Gasteiger partial charge in [-0.3, -0.25) is 9.59 Å². The number of hydrogen-bond acceptors (Lipinski definition) is 3. The third kappa shape index (κ3) is 6.05. The Morgan fingerprint density at radius 1 is 1.32 bits per heavy atom. The van der Waals surface area contributed by atoms with E-state index < -0.39 is 5.91 Å². The van der Waals surface area contributed by atoms with E-state index in [4.69, 9.17) is 11.5 Å². The number of amides is 2. The highest BCUT2D eigenvalue weighted by Crippen LogP contribution is 2.26. The Morgan fingerprint density at radius 2 is 2.05 bits per heavy atom. The Balaban J connectivity index is 2.47. The van der Waals surface area contributed by atoms with E-state index in [2.05, 4.69) is 6.92 Å². The van der Waals surface area contributed by atoms with Crippen LogP contribution in [-0.2, 0) is 9.59 Å². The number of nitrogens with zero attached hydrogens (tertiary/aromatic N) is 1. The molecule has 1 saturated carbocycles. The number of carbonyl (C=O) groups is 2. The van der Waals surface area contributed by atoms with Crippen molar-refractivity contribution in [2.75, 3.05) is 13.1 Å². The number of unbranched alkanes of at least 4 members (excludes halogenated alkanes) is 1. The van der Waals surface area contributed by atoms with Gasteiger partial charge in [-0.1, -0.05) is 19.8 Å². The van der Waals surface area contributed by atoms with Crippen LogP contribution in [0.1, 0.15) is 51.9 Å². The van der Waals surface area contributed by atoms with Crippen LogP contribution in [0.3, 0.4) is 0 Å². The normalized spacial score (nSPS) is 23.1. The van der Waals surface area contributed by atoms with Crippen molar-refractivity contribution >= 4 is 11.8 Å². The second kappa shape index (κ2) is 8.15. The minimum absolute atomic E-state index is 0.0393. The first-order chi connectivity index (χ1) is 9.02. The summed E-state index contributed by atoms with van der Waals surface area (Å²) in [7, 11) is 0. The second-order valence-corrected chi connectivity index (χ2v) is 5.63. The highest BCUT2D eigenvalue weighted by atomic mass is 16.2. The zero-order valence-corrected chi connectivity index (χ0v) is 11.9. The Hall–Kier alpha value is -1.10. The summed E-state index contributed by atoms with van der Waals surface area (Å²) in [6.07, 6.45) is 6.56. The van der Waals surface area contributed by atoms with Crippen LogP contribution in [-0.4, -0.2) is 35.8 Å². The maximum atomic E-state index is 12.2. The van der Waals surface area contributed by atoms with Crippen molar-refractivity contribution in [2.45, 2.75) is 57.9 Å². The van der Waals surface area contributed by atoms with Crippen LogP contribution < -0.4 is 11.5 Å². The molecule has 0 spiro atoms. The Bertz CT molecular complexity index is 307. The van der Waals surface area contributed by atoms with Crippen LogP contribution in [0.4, 0.5) is 0 Å². The molecule has 0 radical (unpaired) electrons. The van der Waals surface area contributed by atoms with Gasteiger partial charge in [0, 0.05) is 19.0 Å². The minimum atomic E-state index is -0.440. The van der Waals surface area contributed by atoms with Gasteiger partial charge in [-0.05, 0) is 31.6 Å². The van der Waals surface area contributed by atoms with Gasteiger partial charge < -0.3 is 16.4 Å². The molecule has 4 N–H and O–H groups in total. The van der Waals surface area contributed by atoms with E-state index in [1.54, 1.807) is 4.90 Å². The molecule has 0 aromatic heterocycles. The quantitative estimate of drug-likeness (QED) is 0.722. The molecule has 0 heterocycles. The fraction of sp³-hybridized carbons (Fsp3) is 0.857. The van der Waals surface area contributed by atoms with Gasteiger partial charge in [-0.2, -0.15) is 0 Å². The van der Waals surface area contributed by atoms with E-state index in [1.165, 1.54) is 0 Å². The largest absolute Gasteiger partial charge is 0.368 e. The molecule has 110 valence electrons. The number of rotatable bonds is 7. The predicted molar refractivity (Wildman–Crippen MR) is 75.2 cm³/mol. The Kier molecular flexibility index (Phi) is 6.84. The average molecular weight is 269 g/mol. The predicted octanol–water partition coefficient (Wildman–Crippen LogP) is 1.01.